The van der Waals surface area contributed by atoms with Crippen LogP contribution in [0.3, 0.4) is 0 Å². The normalized spacial score (nSPS) is 18.9. The standard InChI is InChI=1S/C14H28N2O2.H2/c1-4-5-14(17)15-13(12(2)3)6-7-16-8-10-18-11-9-16;/h12-13H,4-11H2,1-3H3,(H,15,17);1H. The van der Waals surface area contributed by atoms with Crippen LogP contribution in [0.4, 0.5) is 0 Å². The molecule has 0 saturated carbocycles. The molecule has 1 fully saturated rings. The maximum Gasteiger partial charge on any atom is 0.220 e. The van der Waals surface area contributed by atoms with Crippen molar-refractivity contribution in [3.8, 4) is 0 Å². The van der Waals surface area contributed by atoms with Crippen LogP contribution in [0.1, 0.15) is 41.5 Å². The lowest BCUT2D eigenvalue weighted by Gasteiger charge is -2.30. The molecule has 1 saturated heterocycles. The second-order valence-electron chi connectivity index (χ2n) is 5.41. The molecule has 4 nitrogen and oxygen atoms in total. The summed E-state index contributed by atoms with van der Waals surface area (Å²) in [7, 11) is 0. The number of amides is 1. The van der Waals surface area contributed by atoms with Gasteiger partial charge in [-0.15, -0.1) is 0 Å². The third-order valence-electron chi connectivity index (χ3n) is 3.49. The monoisotopic (exact) mass is 258 g/mol. The minimum Gasteiger partial charge on any atom is -0.379 e. The van der Waals surface area contributed by atoms with E-state index in [9.17, 15) is 4.79 Å². The fourth-order valence-corrected chi connectivity index (χ4v) is 2.22. The summed E-state index contributed by atoms with van der Waals surface area (Å²) in [5.41, 5.74) is 0. The maximum absolute atomic E-state index is 11.7. The van der Waals surface area contributed by atoms with Gasteiger partial charge in [-0.1, -0.05) is 20.8 Å². The molecule has 0 aliphatic carbocycles. The number of morpholine rings is 1. The number of hydrogen-bond acceptors (Lipinski definition) is 3. The van der Waals surface area contributed by atoms with Crippen LogP contribution in [0.25, 0.3) is 0 Å². The van der Waals surface area contributed by atoms with Crippen LogP contribution in [-0.4, -0.2) is 49.7 Å². The molecular formula is C14H30N2O2. The molecule has 0 bridgehead atoms. The summed E-state index contributed by atoms with van der Waals surface area (Å²) >= 11 is 0. The maximum atomic E-state index is 11.7. The summed E-state index contributed by atoms with van der Waals surface area (Å²) in [6, 6.07) is 0.298. The van der Waals surface area contributed by atoms with Gasteiger partial charge in [0, 0.05) is 33.5 Å². The van der Waals surface area contributed by atoms with Crippen molar-refractivity contribution in [2.45, 2.75) is 46.1 Å². The molecule has 4 heteroatoms. The minimum atomic E-state index is 0. The van der Waals surface area contributed by atoms with Gasteiger partial charge in [-0.3, -0.25) is 9.69 Å². The van der Waals surface area contributed by atoms with Crippen LogP contribution < -0.4 is 5.32 Å². The average molecular weight is 258 g/mol. The first-order valence-corrected chi connectivity index (χ1v) is 7.23. The van der Waals surface area contributed by atoms with Gasteiger partial charge < -0.3 is 10.1 Å². The number of hydrogen-bond donors (Lipinski definition) is 1. The molecule has 1 N–H and O–H groups in total. The third kappa shape index (κ3) is 5.83. The highest BCUT2D eigenvalue weighted by molar-refractivity contribution is 5.76. The number of ether oxygens (including phenoxy) is 1. The van der Waals surface area contributed by atoms with Crippen LogP contribution in [0.15, 0.2) is 0 Å². The topological polar surface area (TPSA) is 41.6 Å². The summed E-state index contributed by atoms with van der Waals surface area (Å²) in [5, 5.41) is 3.16. The van der Waals surface area contributed by atoms with Crippen molar-refractivity contribution in [1.82, 2.24) is 10.2 Å². The summed E-state index contributed by atoms with van der Waals surface area (Å²) in [5.74, 6) is 0.685. The molecule has 1 rings (SSSR count). The molecule has 1 amide bonds. The van der Waals surface area contributed by atoms with E-state index in [2.05, 4.69) is 24.1 Å². The van der Waals surface area contributed by atoms with Crippen LogP contribution in [0.5, 0.6) is 0 Å². The Labute approximate surface area is 113 Å². The zero-order valence-corrected chi connectivity index (χ0v) is 12.1. The van der Waals surface area contributed by atoms with Crippen LogP contribution >= 0.6 is 0 Å². The van der Waals surface area contributed by atoms with E-state index in [-0.39, 0.29) is 7.33 Å². The van der Waals surface area contributed by atoms with Gasteiger partial charge in [0.25, 0.3) is 0 Å². The lowest BCUT2D eigenvalue weighted by molar-refractivity contribution is -0.122. The zero-order chi connectivity index (χ0) is 13.4. The summed E-state index contributed by atoms with van der Waals surface area (Å²) in [6.07, 6.45) is 2.59. The van der Waals surface area contributed by atoms with Gasteiger partial charge >= 0.3 is 0 Å². The number of carbonyl (C=O) groups excluding carboxylic acids is 1. The lowest BCUT2D eigenvalue weighted by Crippen LogP contribution is -2.43. The van der Waals surface area contributed by atoms with Crippen molar-refractivity contribution in [1.29, 1.82) is 0 Å². The van der Waals surface area contributed by atoms with E-state index in [1.807, 2.05) is 6.92 Å². The average Bonchev–Trinajstić information content (AvgIpc) is 2.35. The van der Waals surface area contributed by atoms with E-state index in [1.165, 1.54) is 0 Å². The fourth-order valence-electron chi connectivity index (χ4n) is 2.22. The molecule has 1 aliphatic heterocycles. The fraction of sp³-hybridized carbons (Fsp3) is 0.929. The van der Waals surface area contributed by atoms with Crippen molar-refractivity contribution in [3.63, 3.8) is 0 Å². The van der Waals surface area contributed by atoms with Gasteiger partial charge in [-0.2, -0.15) is 0 Å². The van der Waals surface area contributed by atoms with E-state index in [1.54, 1.807) is 0 Å². The zero-order valence-electron chi connectivity index (χ0n) is 12.1. The van der Waals surface area contributed by atoms with Crippen molar-refractivity contribution < 1.29 is 11.0 Å². The summed E-state index contributed by atoms with van der Waals surface area (Å²) in [6.45, 7) is 11.2. The molecule has 108 valence electrons. The van der Waals surface area contributed by atoms with Crippen molar-refractivity contribution in [2.75, 3.05) is 32.8 Å². The predicted octanol–water partition coefficient (Wildman–Crippen LogP) is 1.90. The van der Waals surface area contributed by atoms with E-state index in [0.29, 0.717) is 18.4 Å². The Morgan fingerprint density at radius 1 is 1.39 bits per heavy atom. The quantitative estimate of drug-likeness (QED) is 0.758. The SMILES string of the molecule is CCCC(=O)NC(CCN1CCOCC1)C(C)C.[HH]. The van der Waals surface area contributed by atoms with E-state index >= 15 is 0 Å². The molecule has 0 aromatic carbocycles. The molecular weight excluding hydrogens is 228 g/mol. The molecule has 1 aliphatic rings. The largest absolute Gasteiger partial charge is 0.379 e. The first kappa shape index (κ1) is 15.4. The highest BCUT2D eigenvalue weighted by Crippen LogP contribution is 2.09. The number of carbonyl (C=O) groups is 1. The Kier molecular flexibility index (Phi) is 7.28. The Morgan fingerprint density at radius 2 is 2.06 bits per heavy atom. The van der Waals surface area contributed by atoms with Crippen molar-refractivity contribution in [3.05, 3.63) is 0 Å². The number of nitrogens with zero attached hydrogens (tertiary/aromatic N) is 1. The highest BCUT2D eigenvalue weighted by Gasteiger charge is 2.18. The van der Waals surface area contributed by atoms with Gasteiger partial charge in [0.2, 0.25) is 5.91 Å². The smallest absolute Gasteiger partial charge is 0.220 e. The first-order chi connectivity index (χ1) is 8.63. The molecule has 0 aromatic heterocycles. The Hall–Kier alpha value is -0.610. The highest BCUT2D eigenvalue weighted by atomic mass is 16.5. The van der Waals surface area contributed by atoms with Crippen LogP contribution in [0.2, 0.25) is 0 Å². The molecule has 0 spiro atoms. The Morgan fingerprint density at radius 3 is 2.61 bits per heavy atom. The van der Waals surface area contributed by atoms with Gasteiger partial charge in [0.05, 0.1) is 13.2 Å². The molecule has 1 atom stereocenters. The number of rotatable bonds is 7. The lowest BCUT2D eigenvalue weighted by atomic mass is 10.00. The third-order valence-corrected chi connectivity index (χ3v) is 3.49. The minimum absolute atomic E-state index is 0. The van der Waals surface area contributed by atoms with Gasteiger partial charge in [-0.05, 0) is 18.8 Å². The first-order valence-electron chi connectivity index (χ1n) is 7.23. The van der Waals surface area contributed by atoms with Gasteiger partial charge in [0.15, 0.2) is 0 Å². The number of nitrogens with one attached hydrogen (secondary N) is 1. The molecule has 1 heterocycles. The molecule has 1 unspecified atom stereocenters. The predicted molar refractivity (Wildman–Crippen MR) is 75.7 cm³/mol. The Balaban J connectivity index is 0.00000324. The van der Waals surface area contributed by atoms with Crippen molar-refractivity contribution >= 4 is 5.91 Å². The van der Waals surface area contributed by atoms with Gasteiger partial charge in [0.1, 0.15) is 0 Å². The van der Waals surface area contributed by atoms with E-state index in [0.717, 1.165) is 45.7 Å². The van der Waals surface area contributed by atoms with Crippen molar-refractivity contribution in [2.24, 2.45) is 5.92 Å². The van der Waals surface area contributed by atoms with Crippen LogP contribution in [0, 0.1) is 5.92 Å². The van der Waals surface area contributed by atoms with Gasteiger partial charge in [-0.25, -0.2) is 0 Å². The molecule has 0 aromatic rings. The summed E-state index contributed by atoms with van der Waals surface area (Å²) in [4.78, 5) is 14.1. The second-order valence-corrected chi connectivity index (χ2v) is 5.41. The summed E-state index contributed by atoms with van der Waals surface area (Å²) < 4.78 is 5.34. The second kappa shape index (κ2) is 8.48. The van der Waals surface area contributed by atoms with E-state index < -0.39 is 0 Å². The Bertz CT molecular complexity index is 244. The molecule has 18 heavy (non-hydrogen) atoms. The van der Waals surface area contributed by atoms with E-state index in [4.69, 9.17) is 4.74 Å². The molecule has 0 radical (unpaired) electrons. The van der Waals surface area contributed by atoms with Crippen LogP contribution in [-0.2, 0) is 9.53 Å².